The van der Waals surface area contributed by atoms with E-state index in [4.69, 9.17) is 4.74 Å². The number of aryl methyl sites for hydroxylation is 2. The number of ether oxygens (including phenoxy) is 1. The van der Waals surface area contributed by atoms with Crippen molar-refractivity contribution < 1.29 is 19.4 Å². The van der Waals surface area contributed by atoms with Crippen LogP contribution in [0, 0.1) is 13.8 Å². The highest BCUT2D eigenvalue weighted by molar-refractivity contribution is 6.51. The molecule has 3 aromatic rings. The Labute approximate surface area is 218 Å². The first-order chi connectivity index (χ1) is 17.8. The third-order valence-electron chi connectivity index (χ3n) is 6.84. The molecule has 1 aliphatic rings. The zero-order valence-corrected chi connectivity index (χ0v) is 22.1. The molecule has 1 unspecified atom stereocenters. The minimum atomic E-state index is -0.764. The van der Waals surface area contributed by atoms with Crippen molar-refractivity contribution in [3.05, 3.63) is 94.6 Å². The highest BCUT2D eigenvalue weighted by Gasteiger charge is 2.47. The summed E-state index contributed by atoms with van der Waals surface area (Å²) >= 11 is 0. The van der Waals surface area contributed by atoms with Crippen molar-refractivity contribution in [1.82, 2.24) is 0 Å². The fourth-order valence-electron chi connectivity index (χ4n) is 4.85. The molecule has 0 spiro atoms. The normalized spacial score (nSPS) is 16.8. The van der Waals surface area contributed by atoms with Crippen molar-refractivity contribution in [2.24, 2.45) is 0 Å². The molecule has 0 aromatic heterocycles. The van der Waals surface area contributed by atoms with Gasteiger partial charge in [0.2, 0.25) is 0 Å². The van der Waals surface area contributed by atoms with Crippen LogP contribution in [0.25, 0.3) is 5.76 Å². The molecule has 3 aromatic carbocycles. The minimum Gasteiger partial charge on any atom is -0.507 e. The Hall–Kier alpha value is -4.06. The molecule has 0 bridgehead atoms. The number of rotatable bonds is 8. The van der Waals surface area contributed by atoms with Crippen LogP contribution in [-0.2, 0) is 9.59 Å². The van der Waals surface area contributed by atoms with E-state index in [1.165, 1.54) is 4.90 Å². The lowest BCUT2D eigenvalue weighted by Gasteiger charge is -2.27. The standard InChI is InChI=1S/C31H34N2O4/c1-6-32(7-2)24-16-11-22(12-17-24)28-27(29(34)23-13-18-26(37-8-3)21(5)19-23)30(35)31(36)33(28)25-14-9-20(4)10-15-25/h9-19,28,34H,6-8H2,1-5H3/b29-27-. The summed E-state index contributed by atoms with van der Waals surface area (Å²) in [6, 6.07) is 19.8. The summed E-state index contributed by atoms with van der Waals surface area (Å²) < 4.78 is 5.63. The lowest BCUT2D eigenvalue weighted by Crippen LogP contribution is -2.29. The monoisotopic (exact) mass is 498 g/mol. The van der Waals surface area contributed by atoms with E-state index in [0.717, 1.165) is 35.5 Å². The Kier molecular flexibility index (Phi) is 7.67. The molecular formula is C31H34N2O4. The fraction of sp³-hybridized carbons (Fsp3) is 0.290. The van der Waals surface area contributed by atoms with Crippen molar-refractivity contribution in [2.45, 2.75) is 40.7 Å². The number of carbonyl (C=O) groups excluding carboxylic acids is 2. The molecule has 192 valence electrons. The summed E-state index contributed by atoms with van der Waals surface area (Å²) in [7, 11) is 0. The predicted molar refractivity (Wildman–Crippen MR) is 148 cm³/mol. The molecule has 1 amide bonds. The Morgan fingerprint density at radius 3 is 2.14 bits per heavy atom. The van der Waals surface area contributed by atoms with E-state index < -0.39 is 17.7 Å². The van der Waals surface area contributed by atoms with Crippen LogP contribution in [0.5, 0.6) is 5.75 Å². The van der Waals surface area contributed by atoms with E-state index in [2.05, 4.69) is 18.7 Å². The third-order valence-corrected chi connectivity index (χ3v) is 6.84. The summed E-state index contributed by atoms with van der Waals surface area (Å²) in [4.78, 5) is 30.5. The Bertz CT molecular complexity index is 1320. The van der Waals surface area contributed by atoms with Gasteiger partial charge in [0, 0.05) is 30.0 Å². The number of ketones is 1. The first-order valence-electron chi connectivity index (χ1n) is 12.8. The first-order valence-corrected chi connectivity index (χ1v) is 12.8. The van der Waals surface area contributed by atoms with E-state index in [1.54, 1.807) is 18.2 Å². The van der Waals surface area contributed by atoms with Gasteiger partial charge in [0.25, 0.3) is 11.7 Å². The van der Waals surface area contributed by atoms with Gasteiger partial charge in [-0.3, -0.25) is 14.5 Å². The number of Topliss-reactive ketones (excluding diaryl/α,β-unsaturated/α-hetero) is 1. The second-order valence-corrected chi connectivity index (χ2v) is 9.18. The number of nitrogens with zero attached hydrogens (tertiary/aromatic N) is 2. The van der Waals surface area contributed by atoms with E-state index in [-0.39, 0.29) is 11.3 Å². The number of hydrogen-bond acceptors (Lipinski definition) is 5. The highest BCUT2D eigenvalue weighted by atomic mass is 16.5. The summed E-state index contributed by atoms with van der Waals surface area (Å²) in [6.07, 6.45) is 0. The summed E-state index contributed by atoms with van der Waals surface area (Å²) in [5, 5.41) is 11.4. The zero-order chi connectivity index (χ0) is 26.7. The maximum atomic E-state index is 13.4. The number of aliphatic hydroxyl groups excluding tert-OH is 1. The number of anilines is 2. The van der Waals surface area contributed by atoms with Gasteiger partial charge in [-0.05, 0) is 88.2 Å². The Morgan fingerprint density at radius 1 is 0.919 bits per heavy atom. The molecule has 0 saturated carbocycles. The van der Waals surface area contributed by atoms with Gasteiger partial charge in [-0.1, -0.05) is 29.8 Å². The lowest BCUT2D eigenvalue weighted by atomic mass is 9.94. The smallest absolute Gasteiger partial charge is 0.300 e. The second kappa shape index (κ2) is 10.9. The van der Waals surface area contributed by atoms with Crippen LogP contribution >= 0.6 is 0 Å². The van der Waals surface area contributed by atoms with Crippen LogP contribution in [0.1, 0.15) is 49.1 Å². The molecule has 6 heteroatoms. The van der Waals surface area contributed by atoms with E-state index in [1.807, 2.05) is 69.3 Å². The molecule has 6 nitrogen and oxygen atoms in total. The number of carbonyl (C=O) groups is 2. The topological polar surface area (TPSA) is 70.1 Å². The Morgan fingerprint density at radius 2 is 1.57 bits per heavy atom. The average Bonchev–Trinajstić information content (AvgIpc) is 3.17. The molecule has 37 heavy (non-hydrogen) atoms. The van der Waals surface area contributed by atoms with Gasteiger partial charge in [-0.2, -0.15) is 0 Å². The molecule has 4 rings (SSSR count). The van der Waals surface area contributed by atoms with Crippen LogP contribution in [0.2, 0.25) is 0 Å². The van der Waals surface area contributed by atoms with Gasteiger partial charge in [-0.25, -0.2) is 0 Å². The summed E-state index contributed by atoms with van der Waals surface area (Å²) in [5.41, 5.74) is 4.83. The van der Waals surface area contributed by atoms with Crippen LogP contribution in [0.15, 0.2) is 72.3 Å². The SMILES string of the molecule is CCOc1ccc(/C(O)=C2/C(=O)C(=O)N(c3ccc(C)cc3)C2c2ccc(N(CC)CC)cc2)cc1C. The van der Waals surface area contributed by atoms with Gasteiger partial charge in [0.05, 0.1) is 18.2 Å². The molecule has 1 heterocycles. The van der Waals surface area contributed by atoms with Crippen LogP contribution in [0.4, 0.5) is 11.4 Å². The first kappa shape index (κ1) is 26.0. The quantitative estimate of drug-likeness (QED) is 0.228. The Balaban J connectivity index is 1.88. The van der Waals surface area contributed by atoms with Crippen molar-refractivity contribution >= 4 is 28.8 Å². The zero-order valence-electron chi connectivity index (χ0n) is 22.1. The minimum absolute atomic E-state index is 0.0738. The maximum Gasteiger partial charge on any atom is 0.300 e. The molecule has 1 N–H and O–H groups in total. The maximum absolute atomic E-state index is 13.4. The van der Waals surface area contributed by atoms with Crippen LogP contribution in [0.3, 0.4) is 0 Å². The van der Waals surface area contributed by atoms with Gasteiger partial charge in [0.15, 0.2) is 0 Å². The molecule has 0 aliphatic carbocycles. The van der Waals surface area contributed by atoms with E-state index in [9.17, 15) is 14.7 Å². The molecule has 0 radical (unpaired) electrons. The molecule has 1 aliphatic heterocycles. The second-order valence-electron chi connectivity index (χ2n) is 9.18. The third kappa shape index (κ3) is 4.96. The van der Waals surface area contributed by atoms with Crippen molar-refractivity contribution in [1.29, 1.82) is 0 Å². The van der Waals surface area contributed by atoms with Crippen molar-refractivity contribution in [2.75, 3.05) is 29.5 Å². The average molecular weight is 499 g/mol. The predicted octanol–water partition coefficient (Wildman–Crippen LogP) is 6.17. The van der Waals surface area contributed by atoms with Crippen molar-refractivity contribution in [3.8, 4) is 5.75 Å². The van der Waals surface area contributed by atoms with Gasteiger partial charge >= 0.3 is 0 Å². The lowest BCUT2D eigenvalue weighted by molar-refractivity contribution is -0.132. The number of aliphatic hydroxyl groups is 1. The van der Waals surface area contributed by atoms with Gasteiger partial charge < -0.3 is 14.7 Å². The van der Waals surface area contributed by atoms with Gasteiger partial charge in [0.1, 0.15) is 11.5 Å². The van der Waals surface area contributed by atoms with E-state index in [0.29, 0.717) is 23.6 Å². The largest absolute Gasteiger partial charge is 0.507 e. The highest BCUT2D eigenvalue weighted by Crippen LogP contribution is 2.42. The molecular weight excluding hydrogens is 464 g/mol. The molecule has 1 fully saturated rings. The molecule has 1 atom stereocenters. The number of hydrogen-bond donors (Lipinski definition) is 1. The number of benzene rings is 3. The summed E-state index contributed by atoms with van der Waals surface area (Å²) in [5.74, 6) is -0.854. The van der Waals surface area contributed by atoms with E-state index >= 15 is 0 Å². The summed E-state index contributed by atoms with van der Waals surface area (Å²) in [6.45, 7) is 12.2. The van der Waals surface area contributed by atoms with Gasteiger partial charge in [-0.15, -0.1) is 0 Å². The van der Waals surface area contributed by atoms with Crippen molar-refractivity contribution in [3.63, 3.8) is 0 Å². The van der Waals surface area contributed by atoms with Crippen LogP contribution < -0.4 is 14.5 Å². The number of amides is 1. The fourth-order valence-corrected chi connectivity index (χ4v) is 4.85. The van der Waals surface area contributed by atoms with Crippen LogP contribution in [-0.4, -0.2) is 36.5 Å². The molecule has 1 saturated heterocycles.